The van der Waals surface area contributed by atoms with E-state index in [1.807, 2.05) is 21.8 Å². The molecule has 2 aromatic heterocycles. The van der Waals surface area contributed by atoms with Gasteiger partial charge in [-0.25, -0.2) is 9.07 Å². The Morgan fingerprint density at radius 2 is 2.17 bits per heavy atom. The number of piperidine rings is 1. The molecule has 9 heteroatoms. The number of carbonyl (C=O) groups is 1. The summed E-state index contributed by atoms with van der Waals surface area (Å²) in [7, 11) is 0. The Bertz CT molecular complexity index is 973. The molecule has 152 valence electrons. The van der Waals surface area contributed by atoms with E-state index in [0.717, 1.165) is 38.8 Å². The molecule has 1 saturated heterocycles. The van der Waals surface area contributed by atoms with Crippen LogP contribution in [-0.2, 0) is 13.1 Å². The van der Waals surface area contributed by atoms with Crippen molar-refractivity contribution in [3.8, 4) is 0 Å². The van der Waals surface area contributed by atoms with Crippen LogP contribution in [0.25, 0.3) is 0 Å². The standard InChI is InChI=1S/C20H22ClFN6O/c21-18-12-16(22)6-5-15(18)13-27-14-19(24-25-27)20(29)28-10-2-1-4-17(28)7-11-26-9-3-8-23-26/h3,5-6,8-9,12,14,17H,1-2,4,7,10-11,13H2/t17-/m1/s1. The topological polar surface area (TPSA) is 68.8 Å². The van der Waals surface area contributed by atoms with Crippen LogP contribution in [0.4, 0.5) is 4.39 Å². The molecule has 29 heavy (non-hydrogen) atoms. The number of aryl methyl sites for hydroxylation is 1. The molecular formula is C20H22ClFN6O. The maximum absolute atomic E-state index is 13.2. The maximum atomic E-state index is 13.2. The normalized spacial score (nSPS) is 16.9. The molecule has 1 atom stereocenters. The van der Waals surface area contributed by atoms with Crippen molar-refractivity contribution in [2.24, 2.45) is 0 Å². The average Bonchev–Trinajstić information content (AvgIpc) is 3.40. The molecule has 7 nitrogen and oxygen atoms in total. The van der Waals surface area contributed by atoms with Gasteiger partial charge in [0, 0.05) is 36.5 Å². The minimum absolute atomic E-state index is 0.105. The zero-order valence-corrected chi connectivity index (χ0v) is 16.7. The molecule has 0 radical (unpaired) electrons. The van der Waals surface area contributed by atoms with Gasteiger partial charge in [0.15, 0.2) is 5.69 Å². The Kier molecular flexibility index (Phi) is 5.89. The summed E-state index contributed by atoms with van der Waals surface area (Å²) in [6.45, 7) is 1.82. The maximum Gasteiger partial charge on any atom is 0.276 e. The lowest BCUT2D eigenvalue weighted by Gasteiger charge is -2.35. The van der Waals surface area contributed by atoms with Crippen molar-refractivity contribution < 1.29 is 9.18 Å². The van der Waals surface area contributed by atoms with E-state index in [0.29, 0.717) is 22.8 Å². The van der Waals surface area contributed by atoms with Crippen LogP contribution in [0.5, 0.6) is 0 Å². The number of halogens is 2. The van der Waals surface area contributed by atoms with Gasteiger partial charge in [0.25, 0.3) is 5.91 Å². The summed E-state index contributed by atoms with van der Waals surface area (Å²) in [5.41, 5.74) is 1.03. The predicted octanol–water partition coefficient (Wildman–Crippen LogP) is 3.40. The van der Waals surface area contributed by atoms with Crippen LogP contribution in [0, 0.1) is 5.82 Å². The fourth-order valence-corrected chi connectivity index (χ4v) is 3.95. The van der Waals surface area contributed by atoms with Crippen LogP contribution in [0.1, 0.15) is 41.7 Å². The van der Waals surface area contributed by atoms with E-state index in [1.54, 1.807) is 23.1 Å². The predicted molar refractivity (Wildman–Crippen MR) is 106 cm³/mol. The lowest BCUT2D eigenvalue weighted by atomic mass is 9.99. The lowest BCUT2D eigenvalue weighted by molar-refractivity contribution is 0.0587. The summed E-state index contributed by atoms with van der Waals surface area (Å²) in [6.07, 6.45) is 9.25. The van der Waals surface area contributed by atoms with Gasteiger partial charge in [-0.15, -0.1) is 5.10 Å². The summed E-state index contributed by atoms with van der Waals surface area (Å²) in [6, 6.07) is 6.28. The third-order valence-corrected chi connectivity index (χ3v) is 5.60. The Labute approximate surface area is 173 Å². The number of likely N-dealkylation sites (tertiary alicyclic amines) is 1. The monoisotopic (exact) mass is 416 g/mol. The number of benzene rings is 1. The molecule has 1 amide bonds. The molecule has 0 aliphatic carbocycles. The first-order chi connectivity index (χ1) is 14.1. The SMILES string of the molecule is O=C(c1cn(Cc2ccc(F)cc2Cl)nn1)N1CCCC[C@@H]1CCn1cccn1. The molecule has 1 aliphatic rings. The van der Waals surface area contributed by atoms with Crippen LogP contribution < -0.4 is 0 Å². The Hall–Kier alpha value is -2.74. The van der Waals surface area contributed by atoms with Crippen LogP contribution >= 0.6 is 11.6 Å². The van der Waals surface area contributed by atoms with Crippen LogP contribution in [0.2, 0.25) is 5.02 Å². The number of hydrogen-bond acceptors (Lipinski definition) is 4. The van der Waals surface area contributed by atoms with Crippen molar-refractivity contribution in [2.75, 3.05) is 6.54 Å². The van der Waals surface area contributed by atoms with Gasteiger partial charge in [-0.05, 0) is 49.4 Å². The van der Waals surface area contributed by atoms with Crippen LogP contribution in [0.3, 0.4) is 0 Å². The number of nitrogens with zero attached hydrogens (tertiary/aromatic N) is 6. The first-order valence-electron chi connectivity index (χ1n) is 9.72. The van der Waals surface area contributed by atoms with Crippen molar-refractivity contribution in [2.45, 2.75) is 44.8 Å². The van der Waals surface area contributed by atoms with E-state index in [4.69, 9.17) is 11.6 Å². The quantitative estimate of drug-likeness (QED) is 0.617. The lowest BCUT2D eigenvalue weighted by Crippen LogP contribution is -2.44. The van der Waals surface area contributed by atoms with Gasteiger partial charge < -0.3 is 4.90 Å². The molecule has 0 unspecified atom stereocenters. The average molecular weight is 417 g/mol. The van der Waals surface area contributed by atoms with Crippen molar-refractivity contribution >= 4 is 17.5 Å². The molecule has 1 fully saturated rings. The Morgan fingerprint density at radius 3 is 2.97 bits per heavy atom. The fraction of sp³-hybridized carbons (Fsp3) is 0.400. The number of amides is 1. The van der Waals surface area contributed by atoms with Gasteiger partial charge in [-0.2, -0.15) is 5.10 Å². The molecule has 1 aliphatic heterocycles. The second-order valence-electron chi connectivity index (χ2n) is 7.24. The molecule has 3 aromatic rings. The zero-order chi connectivity index (χ0) is 20.2. The number of carbonyl (C=O) groups excluding carboxylic acids is 1. The van der Waals surface area contributed by atoms with Crippen LogP contribution in [0.15, 0.2) is 42.9 Å². The van der Waals surface area contributed by atoms with E-state index in [-0.39, 0.29) is 17.8 Å². The number of rotatable bonds is 6. The van der Waals surface area contributed by atoms with Crippen molar-refractivity contribution in [3.05, 3.63) is 65.0 Å². The highest BCUT2D eigenvalue weighted by atomic mass is 35.5. The molecule has 0 spiro atoms. The van der Waals surface area contributed by atoms with Crippen molar-refractivity contribution in [1.29, 1.82) is 0 Å². The molecule has 1 aromatic carbocycles. The molecule has 0 saturated carbocycles. The van der Waals surface area contributed by atoms with E-state index >= 15 is 0 Å². The van der Waals surface area contributed by atoms with Gasteiger partial charge >= 0.3 is 0 Å². The minimum atomic E-state index is -0.389. The first kappa shape index (κ1) is 19.6. The Balaban J connectivity index is 1.43. The molecular weight excluding hydrogens is 395 g/mol. The number of aromatic nitrogens is 5. The summed E-state index contributed by atoms with van der Waals surface area (Å²) < 4.78 is 16.7. The smallest absolute Gasteiger partial charge is 0.276 e. The molecule has 3 heterocycles. The van der Waals surface area contributed by atoms with Gasteiger partial charge in [0.05, 0.1) is 12.7 Å². The zero-order valence-electron chi connectivity index (χ0n) is 15.9. The van der Waals surface area contributed by atoms with Crippen LogP contribution in [-0.4, -0.2) is 48.2 Å². The molecule has 4 rings (SSSR count). The van der Waals surface area contributed by atoms with Crippen molar-refractivity contribution in [1.82, 2.24) is 29.7 Å². The molecule has 0 bridgehead atoms. The van der Waals surface area contributed by atoms with Crippen molar-refractivity contribution in [3.63, 3.8) is 0 Å². The Morgan fingerprint density at radius 1 is 1.28 bits per heavy atom. The van der Waals surface area contributed by atoms with E-state index < -0.39 is 0 Å². The summed E-state index contributed by atoms with van der Waals surface area (Å²) in [5, 5.41) is 12.7. The third-order valence-electron chi connectivity index (χ3n) is 5.24. The number of hydrogen-bond donors (Lipinski definition) is 0. The molecule has 0 N–H and O–H groups in total. The third kappa shape index (κ3) is 4.64. The van der Waals surface area contributed by atoms with E-state index in [9.17, 15) is 9.18 Å². The van der Waals surface area contributed by atoms with Gasteiger partial charge in [-0.3, -0.25) is 9.48 Å². The highest BCUT2D eigenvalue weighted by Gasteiger charge is 2.29. The summed E-state index contributed by atoms with van der Waals surface area (Å²) >= 11 is 6.08. The summed E-state index contributed by atoms with van der Waals surface area (Å²) in [4.78, 5) is 15.0. The van der Waals surface area contributed by atoms with E-state index in [1.165, 1.54) is 12.1 Å². The van der Waals surface area contributed by atoms with Gasteiger partial charge in [-0.1, -0.05) is 22.9 Å². The second-order valence-corrected chi connectivity index (χ2v) is 7.65. The van der Waals surface area contributed by atoms with Gasteiger partial charge in [0.1, 0.15) is 5.82 Å². The highest BCUT2D eigenvalue weighted by molar-refractivity contribution is 6.31. The minimum Gasteiger partial charge on any atom is -0.334 e. The fourth-order valence-electron chi connectivity index (χ4n) is 3.73. The first-order valence-corrected chi connectivity index (χ1v) is 10.1. The largest absolute Gasteiger partial charge is 0.334 e. The van der Waals surface area contributed by atoms with Gasteiger partial charge in [0.2, 0.25) is 0 Å². The van der Waals surface area contributed by atoms with E-state index in [2.05, 4.69) is 15.4 Å². The summed E-state index contributed by atoms with van der Waals surface area (Å²) in [5.74, 6) is -0.494. The second kappa shape index (κ2) is 8.73. The highest BCUT2D eigenvalue weighted by Crippen LogP contribution is 2.22.